The predicted molar refractivity (Wildman–Crippen MR) is 104 cm³/mol. The van der Waals surface area contributed by atoms with Crippen molar-refractivity contribution in [2.24, 2.45) is 46.0 Å². The van der Waals surface area contributed by atoms with Gasteiger partial charge in [-0.25, -0.2) is 0 Å². The number of hydrogen-bond acceptors (Lipinski definition) is 2. The Bertz CT molecular complexity index is 482. The lowest BCUT2D eigenvalue weighted by molar-refractivity contribution is -0.0730. The molecule has 0 aromatic carbocycles. The molecule has 2 saturated carbocycles. The van der Waals surface area contributed by atoms with Crippen molar-refractivity contribution in [3.05, 3.63) is 11.6 Å². The molecule has 138 valence electrons. The molecule has 3 rings (SSSR count). The van der Waals surface area contributed by atoms with Crippen molar-refractivity contribution in [2.75, 3.05) is 6.54 Å². The van der Waals surface area contributed by atoms with Crippen LogP contribution in [0.5, 0.6) is 0 Å². The number of nitrogens with two attached hydrogens (primary N) is 2. The molecule has 3 aliphatic carbocycles. The Labute approximate surface area is 149 Å². The molecule has 4 N–H and O–H groups in total. The standard InChI is InChI=1S/C22H40N2/c1-15(2)16-6-8-19-17(12-16)7-9-20-21(3,13-18(24)14-23)10-5-11-22(19,20)4/h12,15-16,18-20H,5-11,13-14,23-24H2,1-4H3/t16?,18?,19-,20?,21-,22-/m1/s1. The fourth-order valence-corrected chi connectivity index (χ4v) is 6.91. The molecule has 6 atom stereocenters. The predicted octanol–water partition coefficient (Wildman–Crippen LogP) is 4.88. The second-order valence-electron chi connectivity index (χ2n) is 10.1. The molecule has 2 fully saturated rings. The summed E-state index contributed by atoms with van der Waals surface area (Å²) in [7, 11) is 0. The molecule has 0 saturated heterocycles. The average Bonchev–Trinajstić information content (AvgIpc) is 2.53. The van der Waals surface area contributed by atoms with E-state index in [1.807, 2.05) is 5.57 Å². The first-order chi connectivity index (χ1) is 11.3. The minimum Gasteiger partial charge on any atom is -0.329 e. The maximum atomic E-state index is 6.30. The van der Waals surface area contributed by atoms with Gasteiger partial charge in [0, 0.05) is 12.6 Å². The van der Waals surface area contributed by atoms with E-state index in [0.717, 1.165) is 30.1 Å². The van der Waals surface area contributed by atoms with Gasteiger partial charge in [-0.3, -0.25) is 0 Å². The number of rotatable bonds is 4. The quantitative estimate of drug-likeness (QED) is 0.721. The van der Waals surface area contributed by atoms with Crippen LogP contribution in [0.1, 0.15) is 79.1 Å². The molecule has 24 heavy (non-hydrogen) atoms. The summed E-state index contributed by atoms with van der Waals surface area (Å²) >= 11 is 0. The van der Waals surface area contributed by atoms with E-state index in [4.69, 9.17) is 11.5 Å². The molecule has 0 aliphatic heterocycles. The van der Waals surface area contributed by atoms with Crippen LogP contribution in [0, 0.1) is 34.5 Å². The van der Waals surface area contributed by atoms with Crippen molar-refractivity contribution >= 4 is 0 Å². The van der Waals surface area contributed by atoms with Crippen LogP contribution in [0.3, 0.4) is 0 Å². The van der Waals surface area contributed by atoms with Crippen LogP contribution in [-0.2, 0) is 0 Å². The van der Waals surface area contributed by atoms with E-state index in [9.17, 15) is 0 Å². The van der Waals surface area contributed by atoms with Crippen LogP contribution in [0.2, 0.25) is 0 Å². The first-order valence-electron chi connectivity index (χ1n) is 10.5. The lowest BCUT2D eigenvalue weighted by Crippen LogP contribution is -2.53. The van der Waals surface area contributed by atoms with E-state index >= 15 is 0 Å². The molecular weight excluding hydrogens is 292 g/mol. The first-order valence-corrected chi connectivity index (χ1v) is 10.5. The molecule has 0 heterocycles. The van der Waals surface area contributed by atoms with Gasteiger partial charge in [0.05, 0.1) is 0 Å². The van der Waals surface area contributed by atoms with Gasteiger partial charge in [0.1, 0.15) is 0 Å². The van der Waals surface area contributed by atoms with E-state index in [1.165, 1.54) is 44.9 Å². The molecule has 0 radical (unpaired) electrons. The first kappa shape index (κ1) is 18.5. The summed E-state index contributed by atoms with van der Waals surface area (Å²) in [6.07, 6.45) is 13.5. The van der Waals surface area contributed by atoms with Crippen molar-refractivity contribution in [1.29, 1.82) is 0 Å². The normalized spacial score (nSPS) is 43.8. The largest absolute Gasteiger partial charge is 0.329 e. The SMILES string of the molecule is CC(C)C1C=C2CCC3[C@@](C)(CC(N)CN)CCC[C@]3(C)[C@@H]2CC1. The molecule has 3 aliphatic rings. The van der Waals surface area contributed by atoms with Crippen LogP contribution in [0.25, 0.3) is 0 Å². The van der Waals surface area contributed by atoms with Gasteiger partial charge in [0.25, 0.3) is 0 Å². The summed E-state index contributed by atoms with van der Waals surface area (Å²) in [5.74, 6) is 3.27. The zero-order chi connectivity index (χ0) is 17.5. The summed E-state index contributed by atoms with van der Waals surface area (Å²) in [4.78, 5) is 0. The molecule has 0 aromatic rings. The number of hydrogen-bond donors (Lipinski definition) is 2. The minimum absolute atomic E-state index is 0.172. The van der Waals surface area contributed by atoms with Crippen LogP contribution >= 0.6 is 0 Å². The Hall–Kier alpha value is -0.340. The highest BCUT2D eigenvalue weighted by molar-refractivity contribution is 5.22. The Morgan fingerprint density at radius 3 is 2.58 bits per heavy atom. The zero-order valence-corrected chi connectivity index (χ0v) is 16.5. The van der Waals surface area contributed by atoms with E-state index in [-0.39, 0.29) is 6.04 Å². The Morgan fingerprint density at radius 2 is 1.92 bits per heavy atom. The van der Waals surface area contributed by atoms with Crippen molar-refractivity contribution in [3.63, 3.8) is 0 Å². The second kappa shape index (κ2) is 6.76. The fraction of sp³-hybridized carbons (Fsp3) is 0.909. The van der Waals surface area contributed by atoms with Gasteiger partial charge in [-0.1, -0.05) is 45.8 Å². The van der Waals surface area contributed by atoms with Gasteiger partial charge in [-0.05, 0) is 79.4 Å². The van der Waals surface area contributed by atoms with Gasteiger partial charge in [0.15, 0.2) is 0 Å². The summed E-state index contributed by atoms with van der Waals surface area (Å²) in [5, 5.41) is 0. The number of fused-ring (bicyclic) bond motifs is 3. The smallest absolute Gasteiger partial charge is 0.0168 e. The summed E-state index contributed by atoms with van der Waals surface area (Å²) in [5.41, 5.74) is 14.9. The highest BCUT2D eigenvalue weighted by Crippen LogP contribution is 2.64. The van der Waals surface area contributed by atoms with Gasteiger partial charge in [-0.2, -0.15) is 0 Å². The maximum Gasteiger partial charge on any atom is 0.0168 e. The van der Waals surface area contributed by atoms with Gasteiger partial charge >= 0.3 is 0 Å². The van der Waals surface area contributed by atoms with Crippen molar-refractivity contribution in [1.82, 2.24) is 0 Å². The third-order valence-electron chi connectivity index (χ3n) is 8.17. The lowest BCUT2D eigenvalue weighted by atomic mass is 9.45. The van der Waals surface area contributed by atoms with Crippen molar-refractivity contribution in [2.45, 2.75) is 85.1 Å². The molecule has 0 spiro atoms. The number of allylic oxidation sites excluding steroid dienone is 2. The Morgan fingerprint density at radius 1 is 1.17 bits per heavy atom. The molecule has 2 heteroatoms. The highest BCUT2D eigenvalue weighted by Gasteiger charge is 2.55. The molecule has 3 unspecified atom stereocenters. The molecular formula is C22H40N2. The third-order valence-corrected chi connectivity index (χ3v) is 8.17. The van der Waals surface area contributed by atoms with Crippen LogP contribution in [0.15, 0.2) is 11.6 Å². The lowest BCUT2D eigenvalue weighted by Gasteiger charge is -2.60. The molecule has 0 amide bonds. The van der Waals surface area contributed by atoms with Crippen LogP contribution in [-0.4, -0.2) is 12.6 Å². The van der Waals surface area contributed by atoms with Crippen LogP contribution < -0.4 is 11.5 Å². The van der Waals surface area contributed by atoms with Gasteiger partial charge in [0.2, 0.25) is 0 Å². The summed E-state index contributed by atoms with van der Waals surface area (Å²) in [6.45, 7) is 10.6. The fourth-order valence-electron chi connectivity index (χ4n) is 6.91. The second-order valence-corrected chi connectivity index (χ2v) is 10.1. The van der Waals surface area contributed by atoms with Gasteiger partial charge < -0.3 is 11.5 Å². The summed E-state index contributed by atoms with van der Waals surface area (Å²) < 4.78 is 0. The van der Waals surface area contributed by atoms with E-state index < -0.39 is 0 Å². The molecule has 0 bridgehead atoms. The topological polar surface area (TPSA) is 52.0 Å². The van der Waals surface area contributed by atoms with Gasteiger partial charge in [-0.15, -0.1) is 0 Å². The van der Waals surface area contributed by atoms with E-state index in [2.05, 4.69) is 33.8 Å². The maximum absolute atomic E-state index is 6.30. The average molecular weight is 333 g/mol. The van der Waals surface area contributed by atoms with E-state index in [1.54, 1.807) is 0 Å². The molecule has 2 nitrogen and oxygen atoms in total. The Balaban J connectivity index is 1.86. The highest BCUT2D eigenvalue weighted by atomic mass is 14.7. The third kappa shape index (κ3) is 3.09. The molecule has 0 aromatic heterocycles. The van der Waals surface area contributed by atoms with Crippen LogP contribution in [0.4, 0.5) is 0 Å². The summed E-state index contributed by atoms with van der Waals surface area (Å²) in [6, 6.07) is 0.172. The minimum atomic E-state index is 0.172. The van der Waals surface area contributed by atoms with E-state index in [0.29, 0.717) is 17.4 Å². The Kier molecular flexibility index (Phi) is 5.20. The van der Waals surface area contributed by atoms with Crippen molar-refractivity contribution < 1.29 is 0 Å². The monoisotopic (exact) mass is 332 g/mol. The van der Waals surface area contributed by atoms with Crippen molar-refractivity contribution in [3.8, 4) is 0 Å². The zero-order valence-electron chi connectivity index (χ0n) is 16.5.